The van der Waals surface area contributed by atoms with Gasteiger partial charge in [-0.05, 0) is 42.5 Å². The Morgan fingerprint density at radius 3 is 2.20 bits per heavy atom. The first-order chi connectivity index (χ1) is 12.1. The van der Waals surface area contributed by atoms with Crippen molar-refractivity contribution >= 4 is 11.9 Å². The van der Waals surface area contributed by atoms with Gasteiger partial charge in [-0.3, -0.25) is 4.79 Å². The van der Waals surface area contributed by atoms with Crippen LogP contribution in [0.1, 0.15) is 40.0 Å². The summed E-state index contributed by atoms with van der Waals surface area (Å²) >= 11 is 0. The van der Waals surface area contributed by atoms with Crippen molar-refractivity contribution in [2.75, 3.05) is 0 Å². The van der Waals surface area contributed by atoms with Crippen LogP contribution in [0.4, 0.5) is 0 Å². The van der Waals surface area contributed by atoms with Crippen molar-refractivity contribution in [2.24, 2.45) is 0 Å². The molecule has 0 aliphatic carbocycles. The van der Waals surface area contributed by atoms with Gasteiger partial charge >= 0.3 is 5.97 Å². The molecule has 4 rings (SSSR count). The molecule has 1 amide bonds. The van der Waals surface area contributed by atoms with E-state index in [-0.39, 0.29) is 29.7 Å². The van der Waals surface area contributed by atoms with Crippen LogP contribution in [0.3, 0.4) is 0 Å². The average molecular weight is 337 g/mol. The van der Waals surface area contributed by atoms with E-state index in [0.717, 1.165) is 19.3 Å². The zero-order valence-electron chi connectivity index (χ0n) is 13.6. The van der Waals surface area contributed by atoms with E-state index >= 15 is 0 Å². The highest BCUT2D eigenvalue weighted by molar-refractivity contribution is 6.04. The van der Waals surface area contributed by atoms with Crippen molar-refractivity contribution in [3.05, 3.63) is 59.7 Å². The summed E-state index contributed by atoms with van der Waals surface area (Å²) in [5.41, 5.74) is 1.84. The van der Waals surface area contributed by atoms with Gasteiger partial charge in [0, 0.05) is 5.56 Å². The molecule has 2 aromatic carbocycles. The lowest BCUT2D eigenvalue weighted by atomic mass is 9.93. The summed E-state index contributed by atoms with van der Waals surface area (Å²) in [6, 6.07) is 13.9. The van der Waals surface area contributed by atoms with Gasteiger partial charge in [0.2, 0.25) is 0 Å². The lowest BCUT2D eigenvalue weighted by Crippen LogP contribution is -2.41. The summed E-state index contributed by atoms with van der Waals surface area (Å²) in [6.07, 6.45) is 3.27. The molecular formula is C20H19NO4. The van der Waals surface area contributed by atoms with E-state index in [1.54, 1.807) is 42.5 Å². The maximum atomic E-state index is 12.8. The van der Waals surface area contributed by atoms with E-state index in [4.69, 9.17) is 4.74 Å². The molecule has 2 saturated heterocycles. The molecule has 3 unspecified atom stereocenters. The van der Waals surface area contributed by atoms with Gasteiger partial charge in [-0.25, -0.2) is 4.79 Å². The number of benzene rings is 2. The Morgan fingerprint density at radius 1 is 0.960 bits per heavy atom. The fraction of sp³-hybridized carbons (Fsp3) is 0.300. The van der Waals surface area contributed by atoms with Gasteiger partial charge in [0.25, 0.3) is 5.91 Å². The number of aromatic carboxylic acids is 1. The van der Waals surface area contributed by atoms with Crippen LogP contribution < -0.4 is 5.32 Å². The third-order valence-corrected chi connectivity index (χ3v) is 5.04. The molecule has 0 spiro atoms. The second-order valence-electron chi connectivity index (χ2n) is 6.59. The predicted molar refractivity (Wildman–Crippen MR) is 92.6 cm³/mol. The Kier molecular flexibility index (Phi) is 4.01. The number of carboxylic acids is 1. The fourth-order valence-corrected chi connectivity index (χ4v) is 3.86. The number of carbonyl (C=O) groups is 2. The molecule has 0 aromatic heterocycles. The molecule has 5 nitrogen and oxygen atoms in total. The largest absolute Gasteiger partial charge is 0.478 e. The zero-order chi connectivity index (χ0) is 17.4. The highest BCUT2D eigenvalue weighted by Gasteiger charge is 2.41. The number of carbonyl (C=O) groups excluding carboxylic acids is 1. The van der Waals surface area contributed by atoms with Gasteiger partial charge in [0.15, 0.2) is 0 Å². The van der Waals surface area contributed by atoms with Crippen LogP contribution in [0, 0.1) is 0 Å². The Bertz CT molecular complexity index is 832. The smallest absolute Gasteiger partial charge is 0.336 e. The summed E-state index contributed by atoms with van der Waals surface area (Å²) in [7, 11) is 0. The van der Waals surface area contributed by atoms with E-state index < -0.39 is 5.97 Å². The van der Waals surface area contributed by atoms with Crippen LogP contribution in [0.5, 0.6) is 0 Å². The van der Waals surface area contributed by atoms with Crippen LogP contribution in [-0.4, -0.2) is 35.2 Å². The number of rotatable bonds is 4. The standard InChI is InChI=1S/C20H19NO4/c22-19(21-17-11-12-9-10-18(17)25-12)15-7-3-1-5-13(15)14-6-2-4-8-16(14)20(23)24/h1-8,12,17-18H,9-11H2,(H,21,22)(H,23,24). The highest BCUT2D eigenvalue weighted by atomic mass is 16.5. The second-order valence-corrected chi connectivity index (χ2v) is 6.59. The summed E-state index contributed by atoms with van der Waals surface area (Å²) in [6.45, 7) is 0. The summed E-state index contributed by atoms with van der Waals surface area (Å²) in [4.78, 5) is 24.4. The molecule has 2 bridgehead atoms. The maximum absolute atomic E-state index is 12.8. The first-order valence-electron chi connectivity index (χ1n) is 8.51. The quantitative estimate of drug-likeness (QED) is 0.899. The van der Waals surface area contributed by atoms with Crippen molar-refractivity contribution in [3.8, 4) is 11.1 Å². The molecule has 2 aliphatic heterocycles. The van der Waals surface area contributed by atoms with Gasteiger partial charge in [-0.15, -0.1) is 0 Å². The van der Waals surface area contributed by atoms with Crippen LogP contribution >= 0.6 is 0 Å². The van der Waals surface area contributed by atoms with Crippen molar-refractivity contribution in [1.29, 1.82) is 0 Å². The molecule has 5 heteroatoms. The van der Waals surface area contributed by atoms with E-state index in [9.17, 15) is 14.7 Å². The third kappa shape index (κ3) is 2.91. The Hall–Kier alpha value is -2.66. The molecule has 2 fully saturated rings. The Morgan fingerprint density at radius 2 is 1.60 bits per heavy atom. The minimum Gasteiger partial charge on any atom is -0.478 e. The minimum absolute atomic E-state index is 0.0361. The van der Waals surface area contributed by atoms with Crippen molar-refractivity contribution in [3.63, 3.8) is 0 Å². The fourth-order valence-electron chi connectivity index (χ4n) is 3.86. The Balaban J connectivity index is 1.65. The predicted octanol–water partition coefficient (Wildman–Crippen LogP) is 3.10. The summed E-state index contributed by atoms with van der Waals surface area (Å²) < 4.78 is 5.79. The van der Waals surface area contributed by atoms with Gasteiger partial charge < -0.3 is 15.2 Å². The van der Waals surface area contributed by atoms with E-state index in [1.165, 1.54) is 0 Å². The summed E-state index contributed by atoms with van der Waals surface area (Å²) in [5.74, 6) is -1.19. The number of hydrogen-bond acceptors (Lipinski definition) is 3. The van der Waals surface area contributed by atoms with E-state index in [0.29, 0.717) is 16.7 Å². The maximum Gasteiger partial charge on any atom is 0.336 e. The molecule has 0 radical (unpaired) electrons. The second kappa shape index (κ2) is 6.33. The molecule has 3 atom stereocenters. The highest BCUT2D eigenvalue weighted by Crippen LogP contribution is 2.35. The third-order valence-electron chi connectivity index (χ3n) is 5.04. The number of carboxylic acid groups (broad SMARTS) is 1. The molecule has 25 heavy (non-hydrogen) atoms. The van der Waals surface area contributed by atoms with Gasteiger partial charge in [-0.1, -0.05) is 36.4 Å². The van der Waals surface area contributed by atoms with Crippen LogP contribution in [0.2, 0.25) is 0 Å². The van der Waals surface area contributed by atoms with E-state index in [1.807, 2.05) is 6.07 Å². The van der Waals surface area contributed by atoms with Crippen LogP contribution in [0.25, 0.3) is 11.1 Å². The Labute approximate surface area is 145 Å². The average Bonchev–Trinajstić information content (AvgIpc) is 3.24. The number of fused-ring (bicyclic) bond motifs is 2. The van der Waals surface area contributed by atoms with Crippen molar-refractivity contribution in [1.82, 2.24) is 5.32 Å². The van der Waals surface area contributed by atoms with Crippen LogP contribution in [-0.2, 0) is 4.74 Å². The minimum atomic E-state index is -1.01. The SMILES string of the molecule is O=C(O)c1ccccc1-c1ccccc1C(=O)NC1CC2CCC1O2. The van der Waals surface area contributed by atoms with Gasteiger partial charge in [-0.2, -0.15) is 0 Å². The number of amides is 1. The van der Waals surface area contributed by atoms with E-state index in [2.05, 4.69) is 5.32 Å². The van der Waals surface area contributed by atoms with Crippen LogP contribution in [0.15, 0.2) is 48.5 Å². The first-order valence-corrected chi connectivity index (χ1v) is 8.51. The van der Waals surface area contributed by atoms with Gasteiger partial charge in [0.05, 0.1) is 23.8 Å². The van der Waals surface area contributed by atoms with Crippen molar-refractivity contribution < 1.29 is 19.4 Å². The van der Waals surface area contributed by atoms with Gasteiger partial charge in [0.1, 0.15) is 0 Å². The molecule has 2 aromatic rings. The normalized spacial score (nSPS) is 24.2. The topological polar surface area (TPSA) is 75.6 Å². The molecule has 128 valence electrons. The number of nitrogens with one attached hydrogen (secondary N) is 1. The molecule has 2 aliphatic rings. The molecule has 2 heterocycles. The monoisotopic (exact) mass is 337 g/mol. The summed E-state index contributed by atoms with van der Waals surface area (Å²) in [5, 5.41) is 12.5. The zero-order valence-corrected chi connectivity index (χ0v) is 13.6. The molecular weight excluding hydrogens is 318 g/mol. The lowest BCUT2D eigenvalue weighted by molar-refractivity contribution is 0.0697. The lowest BCUT2D eigenvalue weighted by Gasteiger charge is -2.21. The van der Waals surface area contributed by atoms with Crippen molar-refractivity contribution in [2.45, 2.75) is 37.5 Å². The number of hydrogen-bond donors (Lipinski definition) is 2. The molecule has 2 N–H and O–H groups in total. The molecule has 0 saturated carbocycles. The number of ether oxygens (including phenoxy) is 1. The first kappa shape index (κ1) is 15.8.